The van der Waals surface area contributed by atoms with Crippen molar-refractivity contribution in [3.8, 4) is 5.75 Å². The van der Waals surface area contributed by atoms with Crippen molar-refractivity contribution in [2.24, 2.45) is 0 Å². The van der Waals surface area contributed by atoms with E-state index in [0.29, 0.717) is 6.42 Å². The number of benzene rings is 2. The van der Waals surface area contributed by atoms with Crippen molar-refractivity contribution in [1.29, 1.82) is 0 Å². The van der Waals surface area contributed by atoms with E-state index in [1.165, 1.54) is 0 Å². The molecule has 0 saturated heterocycles. The molecule has 4 nitrogen and oxygen atoms in total. The van der Waals surface area contributed by atoms with Gasteiger partial charge >= 0.3 is 6.92 Å². The second kappa shape index (κ2) is 7.83. The van der Waals surface area contributed by atoms with Crippen molar-refractivity contribution in [1.82, 2.24) is 0 Å². The molecule has 0 fully saturated rings. The monoisotopic (exact) mass is 356 g/mol. The second-order valence-corrected chi connectivity index (χ2v) is 7.88. The molecule has 0 aliphatic rings. The minimum Gasteiger partial charge on any atom is -0.508 e. The summed E-state index contributed by atoms with van der Waals surface area (Å²) in [5.41, 5.74) is 1.18. The Bertz CT molecular complexity index is 702. The van der Waals surface area contributed by atoms with Crippen LogP contribution in [0.1, 0.15) is 44.9 Å². The fourth-order valence-electron chi connectivity index (χ4n) is 2.62. The lowest BCUT2D eigenvalue weighted by atomic mass is 9.62. The summed E-state index contributed by atoms with van der Waals surface area (Å²) >= 11 is 0. The molecule has 26 heavy (non-hydrogen) atoms. The number of rotatable bonds is 7. The van der Waals surface area contributed by atoms with Gasteiger partial charge in [0.1, 0.15) is 5.75 Å². The summed E-state index contributed by atoms with van der Waals surface area (Å²) in [4.78, 5) is 0. The minimum atomic E-state index is -0.949. The van der Waals surface area contributed by atoms with E-state index in [1.54, 1.807) is 38.1 Å². The molecule has 0 aliphatic carbocycles. The predicted molar refractivity (Wildman–Crippen MR) is 106 cm³/mol. The number of hydrogen-bond donors (Lipinski definition) is 3. The zero-order valence-electron chi connectivity index (χ0n) is 16.2. The Balaban J connectivity index is 2.02. The topological polar surface area (TPSA) is 69.9 Å². The number of phenols is 1. The van der Waals surface area contributed by atoms with Crippen LogP contribution < -0.4 is 5.46 Å². The van der Waals surface area contributed by atoms with Gasteiger partial charge in [0.15, 0.2) is 0 Å². The highest BCUT2D eigenvalue weighted by Gasteiger charge is 2.38. The zero-order chi connectivity index (χ0) is 19.5. The molecule has 0 bridgehead atoms. The first-order chi connectivity index (χ1) is 12.0. The molecule has 0 saturated carbocycles. The van der Waals surface area contributed by atoms with Gasteiger partial charge in [-0.3, -0.25) is 0 Å². The lowest BCUT2D eigenvalue weighted by Gasteiger charge is -2.39. The molecule has 0 aromatic heterocycles. The number of aliphatic hydroxyl groups is 2. The van der Waals surface area contributed by atoms with E-state index in [1.807, 2.05) is 44.9 Å². The van der Waals surface area contributed by atoms with Crippen molar-refractivity contribution >= 4 is 12.4 Å². The van der Waals surface area contributed by atoms with Gasteiger partial charge in [-0.2, -0.15) is 0 Å². The maximum Gasteiger partial charge on any atom is 0.324 e. The third-order valence-corrected chi connectivity index (χ3v) is 5.10. The summed E-state index contributed by atoms with van der Waals surface area (Å²) in [5.74, 6) is 0.188. The number of aromatic hydroxyl groups is 1. The van der Waals surface area contributed by atoms with Crippen LogP contribution in [0.15, 0.2) is 48.5 Å². The zero-order valence-corrected chi connectivity index (χ0v) is 16.2. The summed E-state index contributed by atoms with van der Waals surface area (Å²) in [5, 5.41) is 29.9. The standard InChI is InChI=1S/C21H29BO4/c1-20(2,25)21(3,4)26-22(5)17-10-6-15(7-11-17)14-19(24)16-8-12-18(23)13-9-16/h6-13,19,23-25H,14H2,1-5H3. The predicted octanol–water partition coefficient (Wildman–Crippen LogP) is 3.06. The molecule has 2 aromatic rings. The fraction of sp³-hybridized carbons (Fsp3) is 0.429. The van der Waals surface area contributed by atoms with E-state index in [2.05, 4.69) is 0 Å². The fourth-order valence-corrected chi connectivity index (χ4v) is 2.62. The van der Waals surface area contributed by atoms with Crippen molar-refractivity contribution in [3.63, 3.8) is 0 Å². The Hall–Kier alpha value is -1.82. The first kappa shape index (κ1) is 20.5. The SMILES string of the molecule is CB(OC(C)(C)C(C)(C)O)c1ccc(CC(O)c2ccc(O)cc2)cc1. The van der Waals surface area contributed by atoms with Crippen LogP contribution in [-0.2, 0) is 11.1 Å². The van der Waals surface area contributed by atoms with Gasteiger partial charge in [0.05, 0.1) is 17.3 Å². The van der Waals surface area contributed by atoms with Crippen LogP contribution >= 0.6 is 0 Å². The lowest BCUT2D eigenvalue weighted by Crippen LogP contribution is -2.52. The third kappa shape index (κ3) is 5.10. The van der Waals surface area contributed by atoms with Crippen molar-refractivity contribution in [3.05, 3.63) is 59.7 Å². The van der Waals surface area contributed by atoms with E-state index in [9.17, 15) is 15.3 Å². The molecule has 0 amide bonds. The highest BCUT2D eigenvalue weighted by atomic mass is 16.5. The first-order valence-corrected chi connectivity index (χ1v) is 8.95. The third-order valence-electron chi connectivity index (χ3n) is 5.10. The molecule has 0 radical (unpaired) electrons. The summed E-state index contributed by atoms with van der Waals surface area (Å²) in [6.07, 6.45) is -0.126. The summed E-state index contributed by atoms with van der Waals surface area (Å²) in [6, 6.07) is 14.5. The Kier molecular flexibility index (Phi) is 6.17. The molecule has 140 valence electrons. The van der Waals surface area contributed by atoms with Gasteiger partial charge in [-0.1, -0.05) is 43.2 Å². The van der Waals surface area contributed by atoms with Gasteiger partial charge in [0.25, 0.3) is 0 Å². The Morgan fingerprint density at radius 2 is 1.50 bits per heavy atom. The van der Waals surface area contributed by atoms with Gasteiger partial charge in [0, 0.05) is 6.42 Å². The average Bonchev–Trinajstić information content (AvgIpc) is 2.54. The van der Waals surface area contributed by atoms with E-state index >= 15 is 0 Å². The van der Waals surface area contributed by atoms with Crippen LogP contribution in [0, 0.1) is 0 Å². The van der Waals surface area contributed by atoms with Crippen LogP contribution in [0.4, 0.5) is 0 Å². The van der Waals surface area contributed by atoms with E-state index in [4.69, 9.17) is 4.65 Å². The number of aliphatic hydroxyl groups excluding tert-OH is 1. The molecule has 2 rings (SSSR count). The highest BCUT2D eigenvalue weighted by Crippen LogP contribution is 2.26. The normalized spacial score (nSPS) is 13.5. The maximum atomic E-state index is 10.4. The quantitative estimate of drug-likeness (QED) is 0.667. The van der Waals surface area contributed by atoms with Crippen LogP contribution in [0.3, 0.4) is 0 Å². The first-order valence-electron chi connectivity index (χ1n) is 8.95. The maximum absolute atomic E-state index is 10.4. The molecule has 1 unspecified atom stereocenters. The average molecular weight is 356 g/mol. The van der Waals surface area contributed by atoms with Gasteiger partial charge < -0.3 is 20.0 Å². The van der Waals surface area contributed by atoms with Crippen LogP contribution in [0.25, 0.3) is 0 Å². The van der Waals surface area contributed by atoms with Crippen molar-refractivity contribution in [2.45, 2.75) is 58.2 Å². The molecule has 0 heterocycles. The Morgan fingerprint density at radius 3 is 2.00 bits per heavy atom. The Morgan fingerprint density at radius 1 is 0.962 bits per heavy atom. The van der Waals surface area contributed by atoms with E-state index in [-0.39, 0.29) is 12.7 Å². The van der Waals surface area contributed by atoms with Crippen molar-refractivity contribution < 1.29 is 20.0 Å². The molecule has 5 heteroatoms. The van der Waals surface area contributed by atoms with E-state index in [0.717, 1.165) is 16.6 Å². The van der Waals surface area contributed by atoms with E-state index < -0.39 is 17.3 Å². The largest absolute Gasteiger partial charge is 0.508 e. The summed E-state index contributed by atoms with van der Waals surface area (Å²) in [7, 11) is 0. The minimum absolute atomic E-state index is 0.160. The van der Waals surface area contributed by atoms with Gasteiger partial charge in [-0.05, 0) is 56.4 Å². The molecule has 0 aliphatic heterocycles. The molecule has 0 spiro atoms. The smallest absolute Gasteiger partial charge is 0.324 e. The highest BCUT2D eigenvalue weighted by molar-refractivity contribution is 6.66. The molecular weight excluding hydrogens is 327 g/mol. The van der Waals surface area contributed by atoms with Crippen LogP contribution in [-0.4, -0.2) is 33.4 Å². The lowest BCUT2D eigenvalue weighted by molar-refractivity contribution is -0.0918. The molecule has 1 atom stereocenters. The van der Waals surface area contributed by atoms with Crippen molar-refractivity contribution in [2.75, 3.05) is 0 Å². The van der Waals surface area contributed by atoms with Gasteiger partial charge in [0.2, 0.25) is 0 Å². The van der Waals surface area contributed by atoms with Gasteiger partial charge in [-0.15, -0.1) is 0 Å². The van der Waals surface area contributed by atoms with Crippen LogP contribution in [0.2, 0.25) is 6.82 Å². The number of hydrogen-bond acceptors (Lipinski definition) is 4. The number of phenolic OH excluding ortho intramolecular Hbond substituents is 1. The molecular formula is C21H29BO4. The molecule has 2 aromatic carbocycles. The summed E-state index contributed by atoms with van der Waals surface area (Å²) in [6.45, 7) is 9.06. The summed E-state index contributed by atoms with van der Waals surface area (Å²) < 4.78 is 6.07. The second-order valence-electron chi connectivity index (χ2n) is 7.88. The Labute approximate surface area is 156 Å². The van der Waals surface area contributed by atoms with Gasteiger partial charge in [-0.25, -0.2) is 0 Å². The van der Waals surface area contributed by atoms with Crippen LogP contribution in [0.5, 0.6) is 5.75 Å². The molecule has 3 N–H and O–H groups in total.